The average molecular weight is 264 g/mol. The van der Waals surface area contributed by atoms with Crippen molar-refractivity contribution in [3.8, 4) is 5.75 Å². The van der Waals surface area contributed by atoms with Gasteiger partial charge in [0.05, 0.1) is 6.61 Å². The van der Waals surface area contributed by atoms with Crippen molar-refractivity contribution in [2.75, 3.05) is 13.2 Å². The molecule has 1 N–H and O–H groups in total. The lowest BCUT2D eigenvalue weighted by Crippen LogP contribution is -2.18. The van der Waals surface area contributed by atoms with Crippen molar-refractivity contribution in [3.63, 3.8) is 0 Å². The lowest BCUT2D eigenvalue weighted by atomic mass is 10.1. The van der Waals surface area contributed by atoms with Gasteiger partial charge < -0.3 is 9.84 Å². The van der Waals surface area contributed by atoms with Gasteiger partial charge in [0.1, 0.15) is 17.9 Å². The topological polar surface area (TPSA) is 55.8 Å². The quantitative estimate of drug-likeness (QED) is 0.830. The zero-order valence-corrected chi connectivity index (χ0v) is 9.45. The second-order valence-corrected chi connectivity index (χ2v) is 3.45. The van der Waals surface area contributed by atoms with Crippen LogP contribution in [0.15, 0.2) is 18.2 Å². The van der Waals surface area contributed by atoms with E-state index in [0.29, 0.717) is 0 Å². The molecule has 0 aliphatic carbocycles. The van der Waals surface area contributed by atoms with Gasteiger partial charge >= 0.3 is 12.3 Å². The lowest BCUT2D eigenvalue weighted by molar-refractivity contribution is -0.325. The molecule has 0 amide bonds. The van der Waals surface area contributed by atoms with Crippen molar-refractivity contribution in [3.05, 3.63) is 29.3 Å². The summed E-state index contributed by atoms with van der Waals surface area (Å²) in [7, 11) is 0. The van der Waals surface area contributed by atoms with Crippen molar-refractivity contribution in [1.82, 2.24) is 0 Å². The third-order valence-electron chi connectivity index (χ3n) is 1.97. The van der Waals surface area contributed by atoms with Gasteiger partial charge in [-0.25, -0.2) is 4.79 Å². The smallest absolute Gasteiger partial charge is 0.490 e. The van der Waals surface area contributed by atoms with Crippen molar-refractivity contribution in [2.24, 2.45) is 0 Å². The first-order valence-corrected chi connectivity index (χ1v) is 4.97. The highest BCUT2D eigenvalue weighted by molar-refractivity contribution is 5.90. The van der Waals surface area contributed by atoms with Crippen LogP contribution in [0.5, 0.6) is 5.75 Å². The summed E-state index contributed by atoms with van der Waals surface area (Å²) >= 11 is 0. The molecule has 100 valence electrons. The number of carboxylic acids is 1. The minimum atomic E-state index is -4.72. The third kappa shape index (κ3) is 4.62. The van der Waals surface area contributed by atoms with Gasteiger partial charge in [-0.2, -0.15) is 0 Å². The Morgan fingerprint density at radius 3 is 2.56 bits per heavy atom. The van der Waals surface area contributed by atoms with E-state index in [-0.39, 0.29) is 17.9 Å². The molecule has 0 heterocycles. The van der Waals surface area contributed by atoms with E-state index in [1.165, 1.54) is 12.1 Å². The number of hydrogen-bond donors (Lipinski definition) is 1. The van der Waals surface area contributed by atoms with E-state index >= 15 is 0 Å². The van der Waals surface area contributed by atoms with E-state index in [2.05, 4.69) is 4.74 Å². The van der Waals surface area contributed by atoms with Crippen LogP contribution in [0.3, 0.4) is 0 Å². The maximum absolute atomic E-state index is 11.7. The van der Waals surface area contributed by atoms with E-state index in [0.717, 1.165) is 5.56 Å². The van der Waals surface area contributed by atoms with Crippen LogP contribution in [-0.2, 0) is 4.74 Å². The van der Waals surface area contributed by atoms with Crippen LogP contribution in [0, 0.1) is 6.92 Å². The second kappa shape index (κ2) is 5.72. The Hall–Kier alpha value is -1.76. The number of carboxylic acid groups (broad SMARTS) is 1. The molecule has 0 radical (unpaired) electrons. The molecule has 1 rings (SSSR count). The van der Waals surface area contributed by atoms with E-state index in [1.54, 1.807) is 13.0 Å². The summed E-state index contributed by atoms with van der Waals surface area (Å²) in [5.74, 6) is -1.19. The highest BCUT2D eigenvalue weighted by Gasteiger charge is 2.28. The third-order valence-corrected chi connectivity index (χ3v) is 1.97. The number of ether oxygens (including phenoxy) is 2. The number of halogens is 3. The number of aryl methyl sites for hydroxylation is 1. The van der Waals surface area contributed by atoms with Gasteiger partial charge in [0.15, 0.2) is 0 Å². The van der Waals surface area contributed by atoms with Gasteiger partial charge in [-0.05, 0) is 24.6 Å². The maximum Gasteiger partial charge on any atom is 0.522 e. The van der Waals surface area contributed by atoms with E-state index in [4.69, 9.17) is 9.84 Å². The Labute approximate surface area is 101 Å². The van der Waals surface area contributed by atoms with Crippen LogP contribution >= 0.6 is 0 Å². The summed E-state index contributed by atoms with van der Waals surface area (Å²) in [4.78, 5) is 10.8. The van der Waals surface area contributed by atoms with Gasteiger partial charge in [-0.1, -0.05) is 6.07 Å². The summed E-state index contributed by atoms with van der Waals surface area (Å²) in [5, 5.41) is 8.85. The standard InChI is InChI=1S/C11H11F3O4/c1-7-2-3-8(10(15)16)9(6-7)17-4-5-18-11(12,13)14/h2-3,6H,4-5H2,1H3,(H,15,16). The average Bonchev–Trinajstić information content (AvgIpc) is 2.22. The van der Waals surface area contributed by atoms with Crippen LogP contribution in [0.25, 0.3) is 0 Å². The molecule has 0 fully saturated rings. The Morgan fingerprint density at radius 2 is 2.00 bits per heavy atom. The monoisotopic (exact) mass is 264 g/mol. The zero-order chi connectivity index (χ0) is 13.8. The van der Waals surface area contributed by atoms with E-state index in [9.17, 15) is 18.0 Å². The van der Waals surface area contributed by atoms with Crippen LogP contribution in [0.4, 0.5) is 13.2 Å². The zero-order valence-electron chi connectivity index (χ0n) is 9.45. The molecule has 0 atom stereocenters. The fourth-order valence-electron chi connectivity index (χ4n) is 1.23. The molecular formula is C11H11F3O4. The molecule has 0 aliphatic rings. The SMILES string of the molecule is Cc1ccc(C(=O)O)c(OCCOC(F)(F)F)c1. The first-order chi connectivity index (χ1) is 8.29. The highest BCUT2D eigenvalue weighted by Crippen LogP contribution is 2.21. The number of rotatable bonds is 5. The molecule has 18 heavy (non-hydrogen) atoms. The van der Waals surface area contributed by atoms with Crippen LogP contribution in [0.2, 0.25) is 0 Å². The molecule has 0 saturated carbocycles. The molecule has 1 aromatic carbocycles. The lowest BCUT2D eigenvalue weighted by Gasteiger charge is -2.11. The summed E-state index contributed by atoms with van der Waals surface area (Å²) in [5.41, 5.74) is 0.638. The molecule has 0 unspecified atom stereocenters. The second-order valence-electron chi connectivity index (χ2n) is 3.45. The van der Waals surface area contributed by atoms with Gasteiger partial charge in [0, 0.05) is 0 Å². The number of aromatic carboxylic acids is 1. The van der Waals surface area contributed by atoms with Crippen LogP contribution in [-0.4, -0.2) is 30.7 Å². The van der Waals surface area contributed by atoms with Crippen LogP contribution in [0.1, 0.15) is 15.9 Å². The molecule has 0 aliphatic heterocycles. The molecular weight excluding hydrogens is 253 g/mol. The first kappa shape index (κ1) is 14.3. The summed E-state index contributed by atoms with van der Waals surface area (Å²) < 4.78 is 43.5. The van der Waals surface area contributed by atoms with Crippen LogP contribution < -0.4 is 4.74 Å². The normalized spacial score (nSPS) is 11.3. The summed E-state index contributed by atoms with van der Waals surface area (Å²) in [6.07, 6.45) is -4.72. The van der Waals surface area contributed by atoms with Gasteiger partial charge in [-0.3, -0.25) is 4.74 Å². The number of hydrogen-bond acceptors (Lipinski definition) is 3. The maximum atomic E-state index is 11.7. The fourth-order valence-corrected chi connectivity index (χ4v) is 1.23. The Bertz CT molecular complexity index is 429. The molecule has 0 spiro atoms. The fraction of sp³-hybridized carbons (Fsp3) is 0.364. The predicted molar refractivity (Wildman–Crippen MR) is 55.6 cm³/mol. The summed E-state index contributed by atoms with van der Waals surface area (Å²) in [6.45, 7) is 0.629. The van der Waals surface area contributed by atoms with Crippen molar-refractivity contribution in [2.45, 2.75) is 13.3 Å². The number of benzene rings is 1. The highest BCUT2D eigenvalue weighted by atomic mass is 19.4. The Morgan fingerprint density at radius 1 is 1.33 bits per heavy atom. The van der Waals surface area contributed by atoms with Crippen molar-refractivity contribution >= 4 is 5.97 Å². The molecule has 7 heteroatoms. The molecule has 0 saturated heterocycles. The minimum absolute atomic E-state index is 0.0216. The van der Waals surface area contributed by atoms with E-state index < -0.39 is 18.9 Å². The largest absolute Gasteiger partial charge is 0.522 e. The molecule has 1 aromatic rings. The summed E-state index contributed by atoms with van der Waals surface area (Å²) in [6, 6.07) is 4.34. The van der Waals surface area contributed by atoms with Gasteiger partial charge in [0.2, 0.25) is 0 Å². The Kier molecular flexibility index (Phi) is 4.55. The van der Waals surface area contributed by atoms with Gasteiger partial charge in [-0.15, -0.1) is 13.2 Å². The predicted octanol–water partition coefficient (Wildman–Crippen LogP) is 2.61. The number of alkyl halides is 3. The van der Waals surface area contributed by atoms with Crippen molar-refractivity contribution < 1.29 is 32.5 Å². The van der Waals surface area contributed by atoms with Crippen molar-refractivity contribution in [1.29, 1.82) is 0 Å². The molecule has 0 bridgehead atoms. The van der Waals surface area contributed by atoms with Gasteiger partial charge in [0.25, 0.3) is 0 Å². The first-order valence-electron chi connectivity index (χ1n) is 4.97. The Balaban J connectivity index is 2.61. The molecule has 0 aromatic heterocycles. The minimum Gasteiger partial charge on any atom is -0.490 e. The number of carbonyl (C=O) groups is 1. The molecule has 4 nitrogen and oxygen atoms in total. The van der Waals surface area contributed by atoms with E-state index in [1.807, 2.05) is 0 Å².